The minimum absolute atomic E-state index is 0.267. The minimum atomic E-state index is -3.63. The highest BCUT2D eigenvalue weighted by atomic mass is 32.2. The maximum Gasteiger partial charge on any atom is 0.233 e. The van der Waals surface area contributed by atoms with Crippen LogP contribution in [-0.2, 0) is 14.8 Å². The summed E-state index contributed by atoms with van der Waals surface area (Å²) in [6, 6.07) is 8.52. The topological polar surface area (TPSA) is 101 Å². The summed E-state index contributed by atoms with van der Waals surface area (Å²) in [5.74, 6) is -0.684. The molecule has 1 heterocycles. The number of nitrogens with one attached hydrogen (secondary N) is 2. The third-order valence-corrected chi connectivity index (χ3v) is 4.61. The Morgan fingerprint density at radius 2 is 1.91 bits per heavy atom. The van der Waals surface area contributed by atoms with E-state index >= 15 is 0 Å². The first-order valence-corrected chi connectivity index (χ1v) is 8.72. The second-order valence-corrected chi connectivity index (χ2v) is 7.23. The fourth-order valence-electron chi connectivity index (χ4n) is 1.92. The molecule has 0 saturated carbocycles. The molecule has 124 valence electrons. The molecule has 1 amide bonds. The van der Waals surface area contributed by atoms with Gasteiger partial charge in [-0.05, 0) is 26.0 Å². The van der Waals surface area contributed by atoms with Gasteiger partial charge in [-0.2, -0.15) is 0 Å². The molecule has 0 spiro atoms. The van der Waals surface area contributed by atoms with Gasteiger partial charge in [0.05, 0.1) is 11.7 Å². The molecule has 1 aromatic heterocycles. The van der Waals surface area contributed by atoms with Crippen LogP contribution in [0.15, 0.2) is 34.9 Å². The first-order chi connectivity index (χ1) is 10.7. The van der Waals surface area contributed by atoms with Crippen molar-refractivity contribution in [1.29, 1.82) is 0 Å². The summed E-state index contributed by atoms with van der Waals surface area (Å²) in [5, 5.41) is 6.16. The highest BCUT2D eigenvalue weighted by Gasteiger charge is 2.22. The minimum Gasteiger partial charge on any atom is -0.360 e. The third kappa shape index (κ3) is 5.10. The monoisotopic (exact) mass is 337 g/mol. The first-order valence-electron chi connectivity index (χ1n) is 7.06. The Balaban J connectivity index is 1.95. The number of carbonyl (C=O) groups is 1. The van der Waals surface area contributed by atoms with E-state index in [1.54, 1.807) is 37.3 Å². The number of anilines is 2. The molecule has 2 rings (SSSR count). The van der Waals surface area contributed by atoms with Crippen molar-refractivity contribution < 1.29 is 17.7 Å². The molecule has 0 aliphatic heterocycles. The normalized spacial score (nSPS) is 12.7. The maximum atomic E-state index is 12.1. The van der Waals surface area contributed by atoms with Crippen molar-refractivity contribution in [2.45, 2.75) is 20.8 Å². The van der Waals surface area contributed by atoms with E-state index in [0.29, 0.717) is 11.4 Å². The van der Waals surface area contributed by atoms with Gasteiger partial charge in [0.15, 0.2) is 5.82 Å². The number of aromatic nitrogens is 1. The second-order valence-electron chi connectivity index (χ2n) is 5.46. The largest absolute Gasteiger partial charge is 0.360 e. The summed E-state index contributed by atoms with van der Waals surface area (Å²) in [7, 11) is -3.63. The molecule has 0 aliphatic rings. The predicted octanol–water partition coefficient (Wildman–Crippen LogP) is 2.31. The Labute approximate surface area is 135 Å². The van der Waals surface area contributed by atoms with E-state index in [-0.39, 0.29) is 11.6 Å². The molecular weight excluding hydrogens is 318 g/mol. The molecule has 1 unspecified atom stereocenters. The van der Waals surface area contributed by atoms with E-state index in [0.717, 1.165) is 5.56 Å². The molecule has 1 aromatic carbocycles. The van der Waals surface area contributed by atoms with Gasteiger partial charge >= 0.3 is 0 Å². The van der Waals surface area contributed by atoms with Crippen LogP contribution in [0.25, 0.3) is 0 Å². The van der Waals surface area contributed by atoms with Crippen molar-refractivity contribution in [1.82, 2.24) is 5.16 Å². The number of sulfonamides is 1. The summed E-state index contributed by atoms with van der Waals surface area (Å²) in [6.45, 7) is 5.15. The molecule has 8 heteroatoms. The Hall–Kier alpha value is -2.35. The molecule has 1 atom stereocenters. The summed E-state index contributed by atoms with van der Waals surface area (Å²) >= 11 is 0. The lowest BCUT2D eigenvalue weighted by Gasteiger charge is -2.13. The summed E-state index contributed by atoms with van der Waals surface area (Å²) in [6.07, 6.45) is 0. The van der Waals surface area contributed by atoms with Crippen LogP contribution in [-0.4, -0.2) is 25.2 Å². The average molecular weight is 337 g/mol. The van der Waals surface area contributed by atoms with Crippen LogP contribution in [0.1, 0.15) is 18.2 Å². The maximum absolute atomic E-state index is 12.1. The number of benzene rings is 1. The molecular formula is C15H19N3O4S. The number of hydrogen-bond acceptors (Lipinski definition) is 5. The predicted molar refractivity (Wildman–Crippen MR) is 87.6 cm³/mol. The standard InChI is InChI=1S/C15H19N3O4S/c1-10-4-6-13(7-5-10)18-23(20,21)9-11(2)15(19)16-14-8-12(3)22-17-14/h4-8,11,18H,9H2,1-3H3,(H,16,17,19). The van der Waals surface area contributed by atoms with Gasteiger partial charge in [-0.15, -0.1) is 0 Å². The van der Waals surface area contributed by atoms with Crippen LogP contribution < -0.4 is 10.0 Å². The number of carbonyl (C=O) groups excluding carboxylic acids is 1. The number of rotatable bonds is 6. The highest BCUT2D eigenvalue weighted by Crippen LogP contribution is 2.14. The lowest BCUT2D eigenvalue weighted by Crippen LogP contribution is -2.30. The van der Waals surface area contributed by atoms with Crippen LogP contribution in [0.3, 0.4) is 0 Å². The number of aryl methyl sites for hydroxylation is 2. The zero-order valence-corrected chi connectivity index (χ0v) is 14.0. The first kappa shape index (κ1) is 17.0. The highest BCUT2D eigenvalue weighted by molar-refractivity contribution is 7.92. The number of hydrogen-bond donors (Lipinski definition) is 2. The van der Waals surface area contributed by atoms with E-state index in [1.807, 2.05) is 6.92 Å². The van der Waals surface area contributed by atoms with Crippen LogP contribution >= 0.6 is 0 Å². The molecule has 0 bridgehead atoms. The molecule has 0 aliphatic carbocycles. The number of nitrogens with zero attached hydrogens (tertiary/aromatic N) is 1. The molecule has 23 heavy (non-hydrogen) atoms. The molecule has 2 aromatic rings. The van der Waals surface area contributed by atoms with Crippen molar-refractivity contribution in [2.24, 2.45) is 5.92 Å². The van der Waals surface area contributed by atoms with Crippen molar-refractivity contribution in [2.75, 3.05) is 15.8 Å². The van der Waals surface area contributed by atoms with Crippen molar-refractivity contribution >= 4 is 27.4 Å². The van der Waals surface area contributed by atoms with E-state index in [2.05, 4.69) is 15.2 Å². The quantitative estimate of drug-likeness (QED) is 0.842. The van der Waals surface area contributed by atoms with Gasteiger partial charge in [0.25, 0.3) is 0 Å². The van der Waals surface area contributed by atoms with Crippen LogP contribution in [0, 0.1) is 19.8 Å². The molecule has 2 N–H and O–H groups in total. The van der Waals surface area contributed by atoms with Crippen LogP contribution in [0.4, 0.5) is 11.5 Å². The fourth-order valence-corrected chi connectivity index (χ4v) is 3.31. The summed E-state index contributed by atoms with van der Waals surface area (Å²) in [4.78, 5) is 12.0. The number of amides is 1. The zero-order valence-electron chi connectivity index (χ0n) is 13.2. The zero-order chi connectivity index (χ0) is 17.0. The Bertz CT molecular complexity index is 781. The second kappa shape index (κ2) is 6.82. The fraction of sp³-hybridized carbons (Fsp3) is 0.333. The van der Waals surface area contributed by atoms with Crippen molar-refractivity contribution in [3.63, 3.8) is 0 Å². The van der Waals surface area contributed by atoms with Gasteiger partial charge in [0.1, 0.15) is 5.76 Å². The van der Waals surface area contributed by atoms with Gasteiger partial charge in [-0.25, -0.2) is 8.42 Å². The summed E-state index contributed by atoms with van der Waals surface area (Å²) in [5.41, 5.74) is 1.50. The lowest BCUT2D eigenvalue weighted by molar-refractivity contribution is -0.118. The van der Waals surface area contributed by atoms with Crippen LogP contribution in [0.2, 0.25) is 0 Å². The average Bonchev–Trinajstić information content (AvgIpc) is 2.86. The van der Waals surface area contributed by atoms with Crippen molar-refractivity contribution in [3.8, 4) is 0 Å². The van der Waals surface area contributed by atoms with E-state index in [9.17, 15) is 13.2 Å². The molecule has 7 nitrogen and oxygen atoms in total. The van der Waals surface area contributed by atoms with E-state index < -0.39 is 21.8 Å². The van der Waals surface area contributed by atoms with Gasteiger partial charge in [0, 0.05) is 11.8 Å². The Kier molecular flexibility index (Phi) is 5.05. The Morgan fingerprint density at radius 3 is 2.48 bits per heavy atom. The molecule has 0 saturated heterocycles. The lowest BCUT2D eigenvalue weighted by atomic mass is 10.2. The van der Waals surface area contributed by atoms with Crippen LogP contribution in [0.5, 0.6) is 0 Å². The molecule has 0 radical (unpaired) electrons. The summed E-state index contributed by atoms with van der Waals surface area (Å²) < 4.78 is 31.6. The third-order valence-electron chi connectivity index (χ3n) is 3.12. The van der Waals surface area contributed by atoms with Gasteiger partial charge < -0.3 is 9.84 Å². The van der Waals surface area contributed by atoms with Gasteiger partial charge in [0.2, 0.25) is 15.9 Å². The van der Waals surface area contributed by atoms with Gasteiger partial charge in [-0.3, -0.25) is 9.52 Å². The smallest absolute Gasteiger partial charge is 0.233 e. The van der Waals surface area contributed by atoms with Gasteiger partial charge in [-0.1, -0.05) is 29.8 Å². The SMILES string of the molecule is Cc1ccc(NS(=O)(=O)CC(C)C(=O)Nc2cc(C)on2)cc1. The molecule has 0 fully saturated rings. The van der Waals surface area contributed by atoms with E-state index in [4.69, 9.17) is 4.52 Å². The van der Waals surface area contributed by atoms with E-state index in [1.165, 1.54) is 6.92 Å². The van der Waals surface area contributed by atoms with Crippen molar-refractivity contribution in [3.05, 3.63) is 41.7 Å². The Morgan fingerprint density at radius 1 is 1.26 bits per heavy atom.